The lowest BCUT2D eigenvalue weighted by atomic mass is 10.0. The molecule has 0 amide bonds. The first-order valence-electron chi connectivity index (χ1n) is 5.85. The summed E-state index contributed by atoms with van der Waals surface area (Å²) in [5, 5.41) is 3.31. The van der Waals surface area contributed by atoms with Gasteiger partial charge in [-0.25, -0.2) is 0 Å². The number of anilines is 1. The molecular formula is C13H19F2NS. The molecule has 0 aliphatic carbocycles. The van der Waals surface area contributed by atoms with E-state index in [0.717, 1.165) is 12.1 Å². The average Bonchev–Trinajstić information content (AvgIpc) is 2.29. The number of halogens is 2. The summed E-state index contributed by atoms with van der Waals surface area (Å²) in [5.74, 6) is -1.86. The molecule has 1 N–H and O–H groups in total. The summed E-state index contributed by atoms with van der Waals surface area (Å²) < 4.78 is 24.8. The molecule has 0 aromatic heterocycles. The number of benzene rings is 1. The van der Waals surface area contributed by atoms with E-state index in [1.54, 1.807) is 12.1 Å². The van der Waals surface area contributed by atoms with Crippen molar-refractivity contribution in [1.29, 1.82) is 0 Å². The third-order valence-corrected chi connectivity index (χ3v) is 3.77. The topological polar surface area (TPSA) is 12.0 Å². The molecule has 2 atom stereocenters. The van der Waals surface area contributed by atoms with E-state index >= 15 is 0 Å². The van der Waals surface area contributed by atoms with E-state index in [2.05, 4.69) is 26.1 Å². The fraction of sp³-hybridized carbons (Fsp3) is 0.538. The predicted octanol–water partition coefficient (Wildman–Crippen LogP) is 4.85. The number of para-hydroxylation sites is 1. The lowest BCUT2D eigenvalue weighted by Crippen LogP contribution is -2.23. The smallest absolute Gasteiger partial charge is 0.288 e. The summed E-state index contributed by atoms with van der Waals surface area (Å²) in [6.07, 6.45) is 1.07. The van der Waals surface area contributed by atoms with E-state index in [-0.39, 0.29) is 6.04 Å². The van der Waals surface area contributed by atoms with Crippen molar-refractivity contribution in [2.24, 2.45) is 5.92 Å². The quantitative estimate of drug-likeness (QED) is 0.733. The van der Waals surface area contributed by atoms with Gasteiger partial charge in [0, 0.05) is 16.6 Å². The SMILES string of the molecule is CCC(C)C(C)Nc1ccccc1SC(F)F. The summed E-state index contributed by atoms with van der Waals surface area (Å²) in [6.45, 7) is 6.36. The third-order valence-electron chi connectivity index (χ3n) is 2.98. The van der Waals surface area contributed by atoms with Crippen LogP contribution < -0.4 is 5.32 Å². The zero-order valence-corrected chi connectivity index (χ0v) is 11.2. The Balaban J connectivity index is 2.76. The van der Waals surface area contributed by atoms with Crippen LogP contribution in [0.15, 0.2) is 29.2 Å². The normalized spacial score (nSPS) is 14.7. The second kappa shape index (κ2) is 6.84. The third kappa shape index (κ3) is 4.54. The minimum Gasteiger partial charge on any atom is -0.381 e. The molecule has 17 heavy (non-hydrogen) atoms. The molecule has 2 unspecified atom stereocenters. The molecule has 0 saturated carbocycles. The zero-order chi connectivity index (χ0) is 12.8. The Kier molecular flexibility index (Phi) is 5.75. The van der Waals surface area contributed by atoms with E-state index in [1.165, 1.54) is 0 Å². The number of hydrogen-bond donors (Lipinski definition) is 1. The van der Waals surface area contributed by atoms with Crippen LogP contribution in [-0.4, -0.2) is 11.8 Å². The first-order chi connectivity index (χ1) is 8.04. The number of rotatable bonds is 6. The van der Waals surface area contributed by atoms with Gasteiger partial charge in [-0.05, 0) is 25.0 Å². The Labute approximate surface area is 106 Å². The van der Waals surface area contributed by atoms with Gasteiger partial charge < -0.3 is 5.32 Å². The Morgan fingerprint density at radius 1 is 1.24 bits per heavy atom. The fourth-order valence-electron chi connectivity index (χ4n) is 1.53. The number of thioether (sulfide) groups is 1. The van der Waals surface area contributed by atoms with Gasteiger partial charge >= 0.3 is 0 Å². The first-order valence-corrected chi connectivity index (χ1v) is 6.73. The Morgan fingerprint density at radius 3 is 2.47 bits per heavy atom. The Morgan fingerprint density at radius 2 is 1.88 bits per heavy atom. The summed E-state index contributed by atoms with van der Waals surface area (Å²) in [6, 6.07) is 7.50. The minimum absolute atomic E-state index is 0.277. The van der Waals surface area contributed by atoms with Crippen LogP contribution in [0.4, 0.5) is 14.5 Å². The van der Waals surface area contributed by atoms with Gasteiger partial charge in [-0.3, -0.25) is 0 Å². The lowest BCUT2D eigenvalue weighted by molar-refractivity contribution is 0.252. The molecule has 1 aromatic rings. The summed E-state index contributed by atoms with van der Waals surface area (Å²) in [4.78, 5) is 0.609. The zero-order valence-electron chi connectivity index (χ0n) is 10.4. The van der Waals surface area contributed by atoms with Crippen molar-refractivity contribution in [2.75, 3.05) is 5.32 Å². The van der Waals surface area contributed by atoms with Crippen molar-refractivity contribution in [3.05, 3.63) is 24.3 Å². The summed E-state index contributed by atoms with van der Waals surface area (Å²) in [5.41, 5.74) is 0.797. The molecule has 0 aliphatic rings. The van der Waals surface area contributed by atoms with Crippen molar-refractivity contribution >= 4 is 17.4 Å². The average molecular weight is 259 g/mol. The molecule has 96 valence electrons. The molecule has 4 heteroatoms. The molecule has 0 heterocycles. The van der Waals surface area contributed by atoms with Gasteiger partial charge in [0.05, 0.1) is 0 Å². The van der Waals surface area contributed by atoms with E-state index in [0.29, 0.717) is 22.6 Å². The first kappa shape index (κ1) is 14.3. The highest BCUT2D eigenvalue weighted by Gasteiger charge is 2.14. The summed E-state index contributed by atoms with van der Waals surface area (Å²) >= 11 is 0.591. The monoisotopic (exact) mass is 259 g/mol. The highest BCUT2D eigenvalue weighted by molar-refractivity contribution is 7.99. The highest BCUT2D eigenvalue weighted by Crippen LogP contribution is 2.32. The van der Waals surface area contributed by atoms with Crippen molar-refractivity contribution in [3.8, 4) is 0 Å². The summed E-state index contributed by atoms with van der Waals surface area (Å²) in [7, 11) is 0. The van der Waals surface area contributed by atoms with Gasteiger partial charge in [0.25, 0.3) is 5.76 Å². The van der Waals surface area contributed by atoms with Gasteiger partial charge in [-0.15, -0.1) is 0 Å². The fourth-order valence-corrected chi connectivity index (χ4v) is 2.13. The number of alkyl halides is 2. The largest absolute Gasteiger partial charge is 0.381 e. The van der Waals surface area contributed by atoms with Gasteiger partial charge in [-0.1, -0.05) is 44.2 Å². The van der Waals surface area contributed by atoms with Crippen molar-refractivity contribution in [1.82, 2.24) is 0 Å². The van der Waals surface area contributed by atoms with Gasteiger partial charge in [0.15, 0.2) is 0 Å². The maximum Gasteiger partial charge on any atom is 0.288 e. The van der Waals surface area contributed by atoms with Crippen LogP contribution in [0, 0.1) is 5.92 Å². The van der Waals surface area contributed by atoms with Gasteiger partial charge in [0.1, 0.15) is 0 Å². The molecule has 0 spiro atoms. The molecule has 0 fully saturated rings. The second-order valence-electron chi connectivity index (χ2n) is 4.19. The Bertz CT molecular complexity index is 344. The van der Waals surface area contributed by atoms with E-state index in [1.807, 2.05) is 12.1 Å². The maximum atomic E-state index is 12.4. The Hall–Kier alpha value is -0.770. The number of nitrogens with one attached hydrogen (secondary N) is 1. The van der Waals surface area contributed by atoms with Crippen molar-refractivity contribution in [3.63, 3.8) is 0 Å². The van der Waals surface area contributed by atoms with E-state index in [4.69, 9.17) is 0 Å². The van der Waals surface area contributed by atoms with Crippen LogP contribution in [0.25, 0.3) is 0 Å². The maximum absolute atomic E-state index is 12.4. The standard InChI is InChI=1S/C13H19F2NS/c1-4-9(2)10(3)16-11-7-5-6-8-12(11)17-13(14)15/h5-10,13,16H,4H2,1-3H3. The van der Waals surface area contributed by atoms with E-state index < -0.39 is 5.76 Å². The van der Waals surface area contributed by atoms with Crippen LogP contribution >= 0.6 is 11.8 Å². The van der Waals surface area contributed by atoms with Crippen LogP contribution in [0.3, 0.4) is 0 Å². The van der Waals surface area contributed by atoms with E-state index in [9.17, 15) is 8.78 Å². The second-order valence-corrected chi connectivity index (χ2v) is 5.23. The molecule has 0 aliphatic heterocycles. The van der Waals surface area contributed by atoms with Crippen LogP contribution in [0.2, 0.25) is 0 Å². The van der Waals surface area contributed by atoms with Crippen molar-refractivity contribution in [2.45, 2.75) is 43.9 Å². The molecule has 1 rings (SSSR count). The molecule has 0 saturated heterocycles. The van der Waals surface area contributed by atoms with Gasteiger partial charge in [-0.2, -0.15) is 8.78 Å². The minimum atomic E-state index is -2.38. The van der Waals surface area contributed by atoms with Gasteiger partial charge in [0.2, 0.25) is 0 Å². The molecule has 0 bridgehead atoms. The molecule has 1 aromatic carbocycles. The van der Waals surface area contributed by atoms with Crippen molar-refractivity contribution < 1.29 is 8.78 Å². The highest BCUT2D eigenvalue weighted by atomic mass is 32.2. The number of hydrogen-bond acceptors (Lipinski definition) is 2. The lowest BCUT2D eigenvalue weighted by Gasteiger charge is -2.22. The van der Waals surface area contributed by atoms with Crippen LogP contribution in [-0.2, 0) is 0 Å². The van der Waals surface area contributed by atoms with Crippen LogP contribution in [0.5, 0.6) is 0 Å². The van der Waals surface area contributed by atoms with Crippen LogP contribution in [0.1, 0.15) is 27.2 Å². The molecule has 1 nitrogen and oxygen atoms in total. The molecular weight excluding hydrogens is 240 g/mol. The predicted molar refractivity (Wildman–Crippen MR) is 70.8 cm³/mol. The molecule has 0 radical (unpaired) electrons.